The number of nitrogens with one attached hydrogen (secondary N) is 1. The summed E-state index contributed by atoms with van der Waals surface area (Å²) in [7, 11) is -1.70. The van der Waals surface area contributed by atoms with Crippen LogP contribution in [0, 0.1) is 0 Å². The van der Waals surface area contributed by atoms with Gasteiger partial charge in [0.05, 0.1) is 13.4 Å². The average Bonchev–Trinajstić information content (AvgIpc) is 2.75. The number of fused-ring (bicyclic) bond motifs is 1. The van der Waals surface area contributed by atoms with Gasteiger partial charge in [-0.05, 0) is 47.9 Å². The van der Waals surface area contributed by atoms with Gasteiger partial charge in [0, 0.05) is 29.3 Å². The minimum Gasteiger partial charge on any atom is -0.497 e. The highest BCUT2D eigenvalue weighted by atomic mass is 79.9. The second-order valence-electron chi connectivity index (χ2n) is 6.20. The van der Waals surface area contributed by atoms with Gasteiger partial charge in [-0.2, -0.15) is 4.31 Å². The molecule has 7 heteroatoms. The molecular weight excluding hydrogens is 404 g/mol. The molecule has 0 amide bonds. The van der Waals surface area contributed by atoms with Gasteiger partial charge in [-0.15, -0.1) is 0 Å². The first-order valence-electron chi connectivity index (χ1n) is 7.99. The lowest BCUT2D eigenvalue weighted by Crippen LogP contribution is -2.42. The SMILES string of the molecule is COc1ccc(CC2CNc3ccc(Br)cc3CN2S(C)(=O)=O)cc1. The average molecular weight is 425 g/mol. The Hall–Kier alpha value is -1.57. The molecule has 0 aromatic heterocycles. The third-order valence-electron chi connectivity index (χ3n) is 4.39. The molecule has 1 aliphatic heterocycles. The van der Waals surface area contributed by atoms with Crippen LogP contribution in [0.25, 0.3) is 0 Å². The van der Waals surface area contributed by atoms with Gasteiger partial charge in [0.2, 0.25) is 10.0 Å². The zero-order chi connectivity index (χ0) is 18.0. The second-order valence-corrected chi connectivity index (χ2v) is 9.05. The van der Waals surface area contributed by atoms with Crippen molar-refractivity contribution in [2.24, 2.45) is 0 Å². The molecule has 1 atom stereocenters. The third kappa shape index (κ3) is 4.34. The summed E-state index contributed by atoms with van der Waals surface area (Å²) in [5.74, 6) is 0.792. The molecule has 134 valence electrons. The number of ether oxygens (including phenoxy) is 1. The molecule has 3 rings (SSSR count). The molecule has 0 bridgehead atoms. The van der Waals surface area contributed by atoms with E-state index in [2.05, 4.69) is 21.2 Å². The maximum Gasteiger partial charge on any atom is 0.211 e. The standard InChI is InChI=1S/C18H21BrN2O3S/c1-24-17-6-3-13(4-7-17)9-16-11-20-18-8-5-15(19)10-14(18)12-21(16)25(2,22)23/h3-8,10,16,20H,9,11-12H2,1-2H3. The molecule has 0 saturated carbocycles. The fraction of sp³-hybridized carbons (Fsp3) is 0.333. The van der Waals surface area contributed by atoms with E-state index in [1.165, 1.54) is 6.26 Å². The van der Waals surface area contributed by atoms with Crippen molar-refractivity contribution in [3.63, 3.8) is 0 Å². The van der Waals surface area contributed by atoms with E-state index in [1.54, 1.807) is 11.4 Å². The van der Waals surface area contributed by atoms with Gasteiger partial charge in [0.1, 0.15) is 5.75 Å². The Morgan fingerprint density at radius 2 is 1.96 bits per heavy atom. The van der Waals surface area contributed by atoms with Gasteiger partial charge in [-0.1, -0.05) is 28.1 Å². The van der Waals surface area contributed by atoms with Crippen molar-refractivity contribution in [1.29, 1.82) is 0 Å². The predicted molar refractivity (Wildman–Crippen MR) is 104 cm³/mol. The summed E-state index contributed by atoms with van der Waals surface area (Å²) < 4.78 is 32.5. The van der Waals surface area contributed by atoms with E-state index in [9.17, 15) is 8.42 Å². The quantitative estimate of drug-likeness (QED) is 0.817. The summed E-state index contributed by atoms with van der Waals surface area (Å²) in [6.45, 7) is 0.926. The van der Waals surface area contributed by atoms with Gasteiger partial charge in [-0.3, -0.25) is 0 Å². The monoisotopic (exact) mass is 424 g/mol. The molecule has 2 aromatic carbocycles. The molecule has 2 aromatic rings. The van der Waals surface area contributed by atoms with E-state index < -0.39 is 10.0 Å². The van der Waals surface area contributed by atoms with Crippen molar-refractivity contribution < 1.29 is 13.2 Å². The minimum absolute atomic E-state index is 0.158. The minimum atomic E-state index is -3.33. The van der Waals surface area contributed by atoms with Gasteiger partial charge in [0.25, 0.3) is 0 Å². The van der Waals surface area contributed by atoms with Crippen molar-refractivity contribution in [1.82, 2.24) is 4.31 Å². The number of rotatable bonds is 4. The number of benzene rings is 2. The zero-order valence-corrected chi connectivity index (χ0v) is 16.6. The highest BCUT2D eigenvalue weighted by molar-refractivity contribution is 9.10. The fourth-order valence-corrected chi connectivity index (χ4v) is 4.56. The Bertz CT molecular complexity index is 853. The zero-order valence-electron chi connectivity index (χ0n) is 14.2. The highest BCUT2D eigenvalue weighted by Gasteiger charge is 2.30. The number of hydrogen-bond acceptors (Lipinski definition) is 4. The van der Waals surface area contributed by atoms with Crippen LogP contribution >= 0.6 is 15.9 Å². The fourth-order valence-electron chi connectivity index (χ4n) is 3.09. The molecule has 0 spiro atoms. The normalized spacial score (nSPS) is 18.1. The lowest BCUT2D eigenvalue weighted by molar-refractivity contribution is 0.328. The first-order chi connectivity index (χ1) is 11.9. The second kappa shape index (κ2) is 7.35. The van der Waals surface area contributed by atoms with Crippen LogP contribution in [-0.4, -0.2) is 38.7 Å². The predicted octanol–water partition coefficient (Wildman–Crippen LogP) is 3.26. The number of halogens is 1. The molecule has 0 saturated heterocycles. The van der Waals surface area contributed by atoms with E-state index >= 15 is 0 Å². The van der Waals surface area contributed by atoms with E-state index in [-0.39, 0.29) is 6.04 Å². The Morgan fingerprint density at radius 1 is 1.24 bits per heavy atom. The summed E-state index contributed by atoms with van der Waals surface area (Å²) in [6, 6.07) is 13.5. The summed E-state index contributed by atoms with van der Waals surface area (Å²) in [4.78, 5) is 0. The van der Waals surface area contributed by atoms with Crippen LogP contribution in [0.15, 0.2) is 46.9 Å². The molecule has 1 N–H and O–H groups in total. The van der Waals surface area contributed by atoms with Crippen molar-refractivity contribution in [2.45, 2.75) is 19.0 Å². The molecule has 0 radical (unpaired) electrons. The van der Waals surface area contributed by atoms with Gasteiger partial charge in [-0.25, -0.2) is 8.42 Å². The van der Waals surface area contributed by atoms with Crippen molar-refractivity contribution in [3.8, 4) is 5.75 Å². The lowest BCUT2D eigenvalue weighted by Gasteiger charge is -2.27. The summed E-state index contributed by atoms with van der Waals surface area (Å²) in [5, 5.41) is 3.40. The van der Waals surface area contributed by atoms with Crippen LogP contribution in [0.4, 0.5) is 5.69 Å². The molecule has 0 fully saturated rings. The highest BCUT2D eigenvalue weighted by Crippen LogP contribution is 2.28. The molecule has 1 unspecified atom stereocenters. The molecule has 25 heavy (non-hydrogen) atoms. The van der Waals surface area contributed by atoms with Gasteiger partial charge < -0.3 is 10.1 Å². The number of methoxy groups -OCH3 is 1. The van der Waals surface area contributed by atoms with E-state index in [0.29, 0.717) is 19.5 Å². The van der Waals surface area contributed by atoms with Crippen molar-refractivity contribution in [3.05, 3.63) is 58.1 Å². The Kier molecular flexibility index (Phi) is 5.36. The molecule has 0 aliphatic carbocycles. The summed E-state index contributed by atoms with van der Waals surface area (Å²) >= 11 is 3.46. The largest absolute Gasteiger partial charge is 0.497 e. The van der Waals surface area contributed by atoms with E-state index in [4.69, 9.17) is 4.74 Å². The number of nitrogens with zero attached hydrogens (tertiary/aromatic N) is 1. The molecular formula is C18H21BrN2O3S. The van der Waals surface area contributed by atoms with Gasteiger partial charge in [0.15, 0.2) is 0 Å². The summed E-state index contributed by atoms with van der Waals surface area (Å²) in [6.07, 6.45) is 1.91. The third-order valence-corrected chi connectivity index (χ3v) is 6.16. The molecule has 1 heterocycles. The Balaban J connectivity index is 1.89. The van der Waals surface area contributed by atoms with Crippen LogP contribution in [0.2, 0.25) is 0 Å². The molecule has 5 nitrogen and oxygen atoms in total. The van der Waals surface area contributed by atoms with Crippen molar-refractivity contribution in [2.75, 3.05) is 25.2 Å². The first-order valence-corrected chi connectivity index (χ1v) is 10.6. The lowest BCUT2D eigenvalue weighted by atomic mass is 10.1. The van der Waals surface area contributed by atoms with E-state index in [1.807, 2.05) is 42.5 Å². The van der Waals surface area contributed by atoms with E-state index in [0.717, 1.165) is 27.0 Å². The molecule has 1 aliphatic rings. The number of anilines is 1. The smallest absolute Gasteiger partial charge is 0.211 e. The maximum atomic E-state index is 12.4. The van der Waals surface area contributed by atoms with Crippen molar-refractivity contribution >= 4 is 31.6 Å². The number of hydrogen-bond donors (Lipinski definition) is 1. The Labute approximate surface area is 157 Å². The van der Waals surface area contributed by atoms with Crippen LogP contribution in [0.1, 0.15) is 11.1 Å². The van der Waals surface area contributed by atoms with Gasteiger partial charge >= 0.3 is 0 Å². The number of sulfonamides is 1. The maximum absolute atomic E-state index is 12.4. The van der Waals surface area contributed by atoms with Crippen LogP contribution in [-0.2, 0) is 23.0 Å². The van der Waals surface area contributed by atoms with Crippen LogP contribution in [0.5, 0.6) is 5.75 Å². The first kappa shape index (κ1) is 18.2. The van der Waals surface area contributed by atoms with Crippen LogP contribution < -0.4 is 10.1 Å². The topological polar surface area (TPSA) is 58.6 Å². The van der Waals surface area contributed by atoms with Crippen LogP contribution in [0.3, 0.4) is 0 Å². The summed E-state index contributed by atoms with van der Waals surface area (Å²) in [5.41, 5.74) is 3.03. The Morgan fingerprint density at radius 3 is 2.60 bits per heavy atom.